The van der Waals surface area contributed by atoms with E-state index in [-0.39, 0.29) is 22.6 Å². The Kier molecular flexibility index (Phi) is 5.29. The van der Waals surface area contributed by atoms with E-state index >= 15 is 0 Å². The van der Waals surface area contributed by atoms with E-state index in [1.807, 2.05) is 13.8 Å². The first-order chi connectivity index (χ1) is 8.35. The van der Waals surface area contributed by atoms with Crippen LogP contribution in [0.1, 0.15) is 30.6 Å². The minimum absolute atomic E-state index is 0.0181. The summed E-state index contributed by atoms with van der Waals surface area (Å²) >= 11 is 11.6. The topological polar surface area (TPSA) is 49.3 Å². The summed E-state index contributed by atoms with van der Waals surface area (Å²) in [5.74, 6) is 0.276. The second-order valence-electron chi connectivity index (χ2n) is 4.95. The molecule has 0 aliphatic rings. The molecule has 0 aliphatic heterocycles. The zero-order chi connectivity index (χ0) is 13.8. The lowest BCUT2D eigenvalue weighted by Crippen LogP contribution is -2.34. The van der Waals surface area contributed by atoms with Gasteiger partial charge in [-0.25, -0.2) is 0 Å². The van der Waals surface area contributed by atoms with Gasteiger partial charge in [-0.2, -0.15) is 0 Å². The number of nitrogens with one attached hydrogen (secondary N) is 1. The predicted octanol–water partition coefficient (Wildman–Crippen LogP) is 3.43. The molecule has 0 atom stereocenters. The van der Waals surface area contributed by atoms with Crippen LogP contribution in [0.25, 0.3) is 0 Å². The molecule has 0 heterocycles. The van der Waals surface area contributed by atoms with Crippen LogP contribution in [0.5, 0.6) is 5.75 Å². The van der Waals surface area contributed by atoms with Gasteiger partial charge in [-0.05, 0) is 30.0 Å². The van der Waals surface area contributed by atoms with Crippen LogP contribution < -0.4 is 5.32 Å². The lowest BCUT2D eigenvalue weighted by Gasteiger charge is -2.23. The third-order valence-electron chi connectivity index (χ3n) is 2.69. The summed E-state index contributed by atoms with van der Waals surface area (Å²) in [4.78, 5) is 11.9. The van der Waals surface area contributed by atoms with Gasteiger partial charge in [-0.1, -0.05) is 25.4 Å². The number of carbonyl (C=O) groups is 1. The third kappa shape index (κ3) is 4.39. The normalized spacial score (nSPS) is 11.3. The van der Waals surface area contributed by atoms with Crippen LogP contribution in [0.3, 0.4) is 0 Å². The van der Waals surface area contributed by atoms with Crippen molar-refractivity contribution in [2.24, 2.45) is 5.41 Å². The number of amides is 1. The van der Waals surface area contributed by atoms with E-state index in [0.717, 1.165) is 6.42 Å². The van der Waals surface area contributed by atoms with Crippen LogP contribution in [0.15, 0.2) is 18.2 Å². The molecule has 18 heavy (non-hydrogen) atoms. The molecule has 0 unspecified atom stereocenters. The Hall–Kier alpha value is -0.930. The maximum absolute atomic E-state index is 11.9. The van der Waals surface area contributed by atoms with Crippen molar-refractivity contribution in [1.82, 2.24) is 5.32 Å². The van der Waals surface area contributed by atoms with Crippen molar-refractivity contribution < 1.29 is 9.90 Å². The molecular weight excluding hydrogens is 273 g/mol. The summed E-state index contributed by atoms with van der Waals surface area (Å²) in [6.07, 6.45) is 0.808. The molecule has 1 aromatic rings. The summed E-state index contributed by atoms with van der Waals surface area (Å²) in [6.45, 7) is 4.56. The quantitative estimate of drug-likeness (QED) is 0.816. The number of phenols is 1. The van der Waals surface area contributed by atoms with Crippen molar-refractivity contribution in [3.05, 3.63) is 28.8 Å². The molecule has 0 spiro atoms. The molecule has 1 amide bonds. The molecule has 0 aliphatic carbocycles. The monoisotopic (exact) mass is 289 g/mol. The van der Waals surface area contributed by atoms with Gasteiger partial charge in [-0.3, -0.25) is 4.79 Å². The van der Waals surface area contributed by atoms with Crippen molar-refractivity contribution in [1.29, 1.82) is 0 Å². The van der Waals surface area contributed by atoms with Crippen molar-refractivity contribution in [3.63, 3.8) is 0 Å². The van der Waals surface area contributed by atoms with Gasteiger partial charge in [-0.15, -0.1) is 11.6 Å². The number of benzene rings is 1. The number of phenolic OH excluding ortho intramolecular Hbond substituents is 1. The van der Waals surface area contributed by atoms with Crippen LogP contribution in [0, 0.1) is 5.41 Å². The first-order valence-electron chi connectivity index (χ1n) is 5.68. The molecule has 100 valence electrons. The number of rotatable bonds is 5. The van der Waals surface area contributed by atoms with Gasteiger partial charge in [0.2, 0.25) is 0 Å². The Morgan fingerprint density at radius 3 is 2.72 bits per heavy atom. The van der Waals surface area contributed by atoms with Gasteiger partial charge in [0.25, 0.3) is 5.91 Å². The van der Waals surface area contributed by atoms with Crippen molar-refractivity contribution in [2.45, 2.75) is 20.3 Å². The fourth-order valence-electron chi connectivity index (χ4n) is 1.45. The molecule has 1 rings (SSSR count). The van der Waals surface area contributed by atoms with Crippen molar-refractivity contribution in [2.75, 3.05) is 12.4 Å². The van der Waals surface area contributed by atoms with E-state index in [4.69, 9.17) is 23.2 Å². The largest absolute Gasteiger partial charge is 0.508 e. The van der Waals surface area contributed by atoms with Gasteiger partial charge in [0.1, 0.15) is 5.75 Å². The van der Waals surface area contributed by atoms with Gasteiger partial charge in [0.05, 0.1) is 10.6 Å². The molecule has 1 aromatic carbocycles. The van der Waals surface area contributed by atoms with Gasteiger partial charge < -0.3 is 10.4 Å². The molecule has 0 saturated carbocycles. The second kappa shape index (κ2) is 6.30. The second-order valence-corrected chi connectivity index (χ2v) is 5.74. The predicted molar refractivity (Wildman–Crippen MR) is 74.6 cm³/mol. The van der Waals surface area contributed by atoms with E-state index in [1.54, 1.807) is 0 Å². The average molecular weight is 290 g/mol. The zero-order valence-corrected chi connectivity index (χ0v) is 12.0. The number of hydrogen-bond donors (Lipinski definition) is 2. The van der Waals surface area contributed by atoms with E-state index in [1.165, 1.54) is 18.2 Å². The molecule has 0 radical (unpaired) electrons. The molecule has 0 saturated heterocycles. The van der Waals surface area contributed by atoms with E-state index < -0.39 is 0 Å². The highest BCUT2D eigenvalue weighted by atomic mass is 35.5. The Labute approximate surface area is 117 Å². The Bertz CT molecular complexity index is 433. The lowest BCUT2D eigenvalue weighted by molar-refractivity contribution is 0.0935. The molecule has 0 bridgehead atoms. The highest BCUT2D eigenvalue weighted by Crippen LogP contribution is 2.22. The lowest BCUT2D eigenvalue weighted by atomic mass is 9.90. The molecule has 3 nitrogen and oxygen atoms in total. The summed E-state index contributed by atoms with van der Waals surface area (Å²) in [5, 5.41) is 12.5. The van der Waals surface area contributed by atoms with Crippen LogP contribution in [-0.4, -0.2) is 23.4 Å². The van der Waals surface area contributed by atoms with Crippen molar-refractivity contribution >= 4 is 29.1 Å². The van der Waals surface area contributed by atoms with Crippen molar-refractivity contribution in [3.8, 4) is 5.75 Å². The number of aromatic hydroxyl groups is 1. The Balaban J connectivity index is 2.69. The Morgan fingerprint density at radius 1 is 1.44 bits per heavy atom. The molecule has 0 aromatic heterocycles. The fraction of sp³-hybridized carbons (Fsp3) is 0.462. The number of alkyl halides is 1. The van der Waals surface area contributed by atoms with Crippen LogP contribution in [0.4, 0.5) is 0 Å². The van der Waals surface area contributed by atoms with E-state index in [2.05, 4.69) is 5.32 Å². The first kappa shape index (κ1) is 15.1. The fourth-order valence-corrected chi connectivity index (χ4v) is 2.16. The minimum Gasteiger partial charge on any atom is -0.508 e. The molecule has 5 heteroatoms. The highest BCUT2D eigenvalue weighted by molar-refractivity contribution is 6.33. The van der Waals surface area contributed by atoms with Crippen LogP contribution in [-0.2, 0) is 0 Å². The van der Waals surface area contributed by atoms with Crippen LogP contribution in [0.2, 0.25) is 5.02 Å². The number of carbonyl (C=O) groups excluding carboxylic acids is 1. The summed E-state index contributed by atoms with van der Waals surface area (Å²) < 4.78 is 0. The van der Waals surface area contributed by atoms with Gasteiger partial charge in [0, 0.05) is 12.4 Å². The summed E-state index contributed by atoms with van der Waals surface area (Å²) in [5.41, 5.74) is 0.208. The summed E-state index contributed by atoms with van der Waals surface area (Å²) in [6, 6.07) is 4.29. The minimum atomic E-state index is -0.293. The van der Waals surface area contributed by atoms with Crippen LogP contribution >= 0.6 is 23.2 Å². The first-order valence-corrected chi connectivity index (χ1v) is 6.60. The van der Waals surface area contributed by atoms with Gasteiger partial charge >= 0.3 is 0 Å². The molecule has 0 fully saturated rings. The zero-order valence-electron chi connectivity index (χ0n) is 10.5. The number of hydrogen-bond acceptors (Lipinski definition) is 2. The SMILES string of the molecule is CC(C)(CCCl)CNC(=O)c1cc(O)ccc1Cl. The maximum atomic E-state index is 11.9. The van der Waals surface area contributed by atoms with E-state index in [0.29, 0.717) is 17.4 Å². The third-order valence-corrected chi connectivity index (χ3v) is 3.21. The van der Waals surface area contributed by atoms with Gasteiger partial charge in [0.15, 0.2) is 0 Å². The smallest absolute Gasteiger partial charge is 0.252 e. The summed E-state index contributed by atoms with van der Waals surface area (Å²) in [7, 11) is 0. The standard InChI is InChI=1S/C13H17Cl2NO2/c1-13(2,5-6-14)8-16-12(18)10-7-9(17)3-4-11(10)15/h3-4,7,17H,5-6,8H2,1-2H3,(H,16,18). The molecular formula is C13H17Cl2NO2. The Morgan fingerprint density at radius 2 is 2.11 bits per heavy atom. The van der Waals surface area contributed by atoms with E-state index in [9.17, 15) is 9.90 Å². The average Bonchev–Trinajstić information content (AvgIpc) is 2.29. The maximum Gasteiger partial charge on any atom is 0.252 e. The number of halogens is 2. The molecule has 2 N–H and O–H groups in total. The highest BCUT2D eigenvalue weighted by Gasteiger charge is 2.19.